The van der Waals surface area contributed by atoms with Gasteiger partial charge in [0.15, 0.2) is 5.75 Å². The molecule has 0 aliphatic heterocycles. The van der Waals surface area contributed by atoms with E-state index in [-0.39, 0.29) is 6.61 Å². The Labute approximate surface area is 104 Å². The Kier molecular flexibility index (Phi) is 3.66. The van der Waals surface area contributed by atoms with Gasteiger partial charge in [-0.15, -0.1) is 0 Å². The zero-order valence-corrected chi connectivity index (χ0v) is 10.1. The molecule has 0 amide bonds. The molecule has 0 spiro atoms. The van der Waals surface area contributed by atoms with E-state index < -0.39 is 6.10 Å². The maximum atomic E-state index is 9.10. The van der Waals surface area contributed by atoms with Crippen molar-refractivity contribution in [3.8, 4) is 11.4 Å². The van der Waals surface area contributed by atoms with Crippen LogP contribution in [0.5, 0.6) is 5.75 Å². The van der Waals surface area contributed by atoms with Gasteiger partial charge < -0.3 is 9.84 Å². The summed E-state index contributed by atoms with van der Waals surface area (Å²) in [7, 11) is 0. The first-order valence-corrected chi connectivity index (χ1v) is 5.64. The number of ether oxygens (including phenoxy) is 1. The van der Waals surface area contributed by atoms with Crippen LogP contribution in [-0.2, 0) is 0 Å². The van der Waals surface area contributed by atoms with E-state index in [4.69, 9.17) is 21.4 Å². The second-order valence-corrected chi connectivity index (χ2v) is 4.20. The van der Waals surface area contributed by atoms with Crippen molar-refractivity contribution in [2.45, 2.75) is 13.0 Å². The second kappa shape index (κ2) is 5.21. The molecular formula is C12H13ClN2O2. The highest BCUT2D eigenvalue weighted by Crippen LogP contribution is 2.17. The van der Waals surface area contributed by atoms with Crippen LogP contribution >= 0.6 is 11.6 Å². The van der Waals surface area contributed by atoms with Gasteiger partial charge in [0.2, 0.25) is 0 Å². The average Bonchev–Trinajstić information content (AvgIpc) is 2.75. The number of rotatable bonds is 4. The molecule has 0 radical (unpaired) electrons. The van der Waals surface area contributed by atoms with Crippen molar-refractivity contribution >= 4 is 11.6 Å². The van der Waals surface area contributed by atoms with Crippen molar-refractivity contribution in [3.05, 3.63) is 41.7 Å². The number of hydrogen-bond donors (Lipinski definition) is 1. The van der Waals surface area contributed by atoms with E-state index in [1.54, 1.807) is 30.1 Å². The minimum absolute atomic E-state index is 0.251. The monoisotopic (exact) mass is 252 g/mol. The van der Waals surface area contributed by atoms with Gasteiger partial charge in [0.1, 0.15) is 6.61 Å². The highest BCUT2D eigenvalue weighted by Gasteiger charge is 2.03. The molecule has 0 fully saturated rings. The molecule has 0 saturated heterocycles. The second-order valence-electron chi connectivity index (χ2n) is 3.76. The van der Waals surface area contributed by atoms with E-state index >= 15 is 0 Å². The first kappa shape index (κ1) is 12.0. The van der Waals surface area contributed by atoms with Crippen LogP contribution in [0.4, 0.5) is 0 Å². The van der Waals surface area contributed by atoms with E-state index in [9.17, 15) is 0 Å². The summed E-state index contributed by atoms with van der Waals surface area (Å²) in [6, 6.07) is 7.37. The summed E-state index contributed by atoms with van der Waals surface area (Å²) >= 11 is 5.90. The molecule has 1 N–H and O–H groups in total. The fourth-order valence-electron chi connectivity index (χ4n) is 1.36. The number of hydrogen-bond acceptors (Lipinski definition) is 3. The van der Waals surface area contributed by atoms with Crippen molar-refractivity contribution in [1.82, 2.24) is 9.78 Å². The highest BCUT2D eigenvalue weighted by molar-refractivity contribution is 6.30. The van der Waals surface area contributed by atoms with Crippen molar-refractivity contribution in [1.29, 1.82) is 0 Å². The Balaban J connectivity index is 2.12. The summed E-state index contributed by atoms with van der Waals surface area (Å²) in [6.07, 6.45) is 2.85. The number of nitrogens with zero attached hydrogens (tertiary/aromatic N) is 2. The lowest BCUT2D eigenvalue weighted by atomic mass is 10.3. The van der Waals surface area contributed by atoms with Gasteiger partial charge >= 0.3 is 0 Å². The zero-order valence-electron chi connectivity index (χ0n) is 9.38. The maximum Gasteiger partial charge on any atom is 0.157 e. The molecule has 17 heavy (non-hydrogen) atoms. The number of benzene rings is 1. The molecule has 0 bridgehead atoms. The van der Waals surface area contributed by atoms with E-state index in [1.807, 2.05) is 18.2 Å². The van der Waals surface area contributed by atoms with Crippen molar-refractivity contribution in [3.63, 3.8) is 0 Å². The highest BCUT2D eigenvalue weighted by atomic mass is 35.5. The number of aromatic nitrogens is 2. The van der Waals surface area contributed by atoms with E-state index in [1.165, 1.54) is 0 Å². The summed E-state index contributed by atoms with van der Waals surface area (Å²) in [5.41, 5.74) is 0.865. The van der Waals surface area contributed by atoms with Gasteiger partial charge in [-0.1, -0.05) is 17.7 Å². The fraction of sp³-hybridized carbons (Fsp3) is 0.250. The molecule has 1 atom stereocenters. The van der Waals surface area contributed by atoms with Crippen LogP contribution in [0.2, 0.25) is 5.02 Å². The van der Waals surface area contributed by atoms with Gasteiger partial charge in [0.25, 0.3) is 0 Å². The van der Waals surface area contributed by atoms with Crippen LogP contribution in [0.3, 0.4) is 0 Å². The first-order valence-electron chi connectivity index (χ1n) is 5.26. The van der Waals surface area contributed by atoms with Crippen molar-refractivity contribution < 1.29 is 9.84 Å². The molecule has 1 aromatic carbocycles. The van der Waals surface area contributed by atoms with Crippen LogP contribution in [-0.4, -0.2) is 27.6 Å². The van der Waals surface area contributed by atoms with Gasteiger partial charge in [-0.2, -0.15) is 5.10 Å². The molecule has 5 heteroatoms. The molecule has 90 valence electrons. The molecule has 2 aromatic rings. The largest absolute Gasteiger partial charge is 0.488 e. The molecule has 0 aliphatic rings. The quantitative estimate of drug-likeness (QED) is 0.908. The molecule has 1 heterocycles. The lowest BCUT2D eigenvalue weighted by Gasteiger charge is -2.04. The minimum Gasteiger partial charge on any atom is -0.488 e. The van der Waals surface area contributed by atoms with Crippen LogP contribution in [0.25, 0.3) is 5.69 Å². The lowest BCUT2D eigenvalue weighted by Crippen LogP contribution is -2.12. The van der Waals surface area contributed by atoms with Crippen molar-refractivity contribution in [2.24, 2.45) is 0 Å². The minimum atomic E-state index is -0.496. The molecular weight excluding hydrogens is 240 g/mol. The van der Waals surface area contributed by atoms with Crippen molar-refractivity contribution in [2.75, 3.05) is 6.61 Å². The standard InChI is InChI=1S/C12H13ClN2O2/c1-9(16)8-17-12-6-14-15(7-12)11-4-2-3-10(13)5-11/h2-7,9,16H,8H2,1H3. The van der Waals surface area contributed by atoms with E-state index in [0.29, 0.717) is 10.8 Å². The molecule has 1 unspecified atom stereocenters. The zero-order chi connectivity index (χ0) is 12.3. The topological polar surface area (TPSA) is 47.3 Å². The first-order chi connectivity index (χ1) is 8.15. The normalized spacial score (nSPS) is 12.4. The lowest BCUT2D eigenvalue weighted by molar-refractivity contribution is 0.122. The molecule has 0 saturated carbocycles. The van der Waals surface area contributed by atoms with E-state index in [2.05, 4.69) is 5.10 Å². The Morgan fingerprint density at radius 2 is 2.35 bits per heavy atom. The predicted octanol–water partition coefficient (Wildman–Crippen LogP) is 2.29. The van der Waals surface area contributed by atoms with Crippen LogP contribution < -0.4 is 4.74 Å². The summed E-state index contributed by atoms with van der Waals surface area (Å²) in [4.78, 5) is 0. The molecule has 1 aromatic heterocycles. The van der Waals surface area contributed by atoms with Crippen LogP contribution in [0.15, 0.2) is 36.7 Å². The Morgan fingerprint density at radius 1 is 1.53 bits per heavy atom. The Bertz CT molecular complexity index is 497. The summed E-state index contributed by atoms with van der Waals surface area (Å²) in [5.74, 6) is 0.617. The van der Waals surface area contributed by atoms with Gasteiger partial charge in [0.05, 0.1) is 24.2 Å². The Hall–Kier alpha value is -1.52. The molecule has 0 aliphatic carbocycles. The van der Waals surface area contributed by atoms with Gasteiger partial charge in [-0.25, -0.2) is 4.68 Å². The summed E-state index contributed by atoms with van der Waals surface area (Å²) in [5, 5.41) is 13.9. The third-order valence-corrected chi connectivity index (χ3v) is 2.36. The third-order valence-electron chi connectivity index (χ3n) is 2.12. The van der Waals surface area contributed by atoms with Gasteiger partial charge in [-0.05, 0) is 25.1 Å². The molecule has 4 nitrogen and oxygen atoms in total. The average molecular weight is 253 g/mol. The molecule has 2 rings (SSSR count). The van der Waals surface area contributed by atoms with Gasteiger partial charge in [-0.3, -0.25) is 0 Å². The summed E-state index contributed by atoms with van der Waals surface area (Å²) in [6.45, 7) is 1.92. The predicted molar refractivity (Wildman–Crippen MR) is 65.7 cm³/mol. The van der Waals surface area contributed by atoms with E-state index in [0.717, 1.165) is 5.69 Å². The number of halogens is 1. The van der Waals surface area contributed by atoms with Gasteiger partial charge in [0, 0.05) is 5.02 Å². The maximum absolute atomic E-state index is 9.10. The smallest absolute Gasteiger partial charge is 0.157 e. The van der Waals surface area contributed by atoms with Crippen LogP contribution in [0, 0.1) is 0 Å². The fourth-order valence-corrected chi connectivity index (χ4v) is 1.54. The number of aliphatic hydroxyl groups excluding tert-OH is 1. The Morgan fingerprint density at radius 3 is 3.06 bits per heavy atom. The van der Waals surface area contributed by atoms with Crippen LogP contribution in [0.1, 0.15) is 6.92 Å². The number of aliphatic hydroxyl groups is 1. The summed E-state index contributed by atoms with van der Waals surface area (Å²) < 4.78 is 7.00. The SMILES string of the molecule is CC(O)COc1cnn(-c2cccc(Cl)c2)c1. The third kappa shape index (κ3) is 3.22.